The van der Waals surface area contributed by atoms with Crippen LogP contribution >= 0.6 is 12.8 Å². The van der Waals surface area contributed by atoms with Crippen LogP contribution in [0.25, 0.3) is 0 Å². The standard InChI is InChI=1S/C11H19NO3S/c13-11(14)9-4-1-5-10(9)15-7-8-3-2-6-12(8)16/h8-10,16H,1-7H2,(H,13,14)/t8-,9?,10?/m0/s1. The van der Waals surface area contributed by atoms with E-state index in [0.717, 1.165) is 38.6 Å². The first-order chi connectivity index (χ1) is 7.68. The quantitative estimate of drug-likeness (QED) is 0.738. The molecule has 1 saturated heterocycles. The molecule has 1 N–H and O–H groups in total. The lowest BCUT2D eigenvalue weighted by molar-refractivity contribution is -0.146. The van der Waals surface area contributed by atoms with Crippen LogP contribution in [0.15, 0.2) is 0 Å². The van der Waals surface area contributed by atoms with Crippen molar-refractivity contribution in [2.45, 2.75) is 44.2 Å². The summed E-state index contributed by atoms with van der Waals surface area (Å²) in [5, 5.41) is 9.02. The fourth-order valence-electron chi connectivity index (χ4n) is 2.63. The van der Waals surface area contributed by atoms with Gasteiger partial charge in [0.15, 0.2) is 0 Å². The second kappa shape index (κ2) is 5.38. The molecule has 16 heavy (non-hydrogen) atoms. The number of ether oxygens (including phenoxy) is 1. The number of aliphatic carboxylic acids is 1. The van der Waals surface area contributed by atoms with Gasteiger partial charge in [-0.1, -0.05) is 12.8 Å². The van der Waals surface area contributed by atoms with Gasteiger partial charge in [-0.25, -0.2) is 4.31 Å². The van der Waals surface area contributed by atoms with E-state index < -0.39 is 5.97 Å². The normalized spacial score (nSPS) is 35.7. The van der Waals surface area contributed by atoms with Crippen molar-refractivity contribution in [3.63, 3.8) is 0 Å². The van der Waals surface area contributed by atoms with E-state index in [2.05, 4.69) is 12.8 Å². The number of carboxylic acid groups (broad SMARTS) is 1. The van der Waals surface area contributed by atoms with Gasteiger partial charge in [0.2, 0.25) is 0 Å². The summed E-state index contributed by atoms with van der Waals surface area (Å²) in [6, 6.07) is 0.360. The Bertz CT molecular complexity index is 262. The molecule has 2 rings (SSSR count). The molecule has 2 aliphatic rings. The largest absolute Gasteiger partial charge is 0.481 e. The Morgan fingerprint density at radius 3 is 2.81 bits per heavy atom. The maximum Gasteiger partial charge on any atom is 0.309 e. The van der Waals surface area contributed by atoms with E-state index in [0.29, 0.717) is 12.6 Å². The van der Waals surface area contributed by atoms with Crippen molar-refractivity contribution in [1.29, 1.82) is 0 Å². The average molecular weight is 245 g/mol. The van der Waals surface area contributed by atoms with Crippen LogP contribution in [0.5, 0.6) is 0 Å². The lowest BCUT2D eigenvalue weighted by Crippen LogP contribution is -2.32. The number of rotatable bonds is 4. The van der Waals surface area contributed by atoms with Crippen LogP contribution < -0.4 is 0 Å². The first-order valence-electron chi connectivity index (χ1n) is 5.98. The van der Waals surface area contributed by atoms with E-state index in [9.17, 15) is 4.79 Å². The van der Waals surface area contributed by atoms with Crippen molar-refractivity contribution >= 4 is 18.8 Å². The Morgan fingerprint density at radius 1 is 1.38 bits per heavy atom. The zero-order valence-corrected chi connectivity index (χ0v) is 10.2. The molecule has 1 aliphatic carbocycles. The summed E-state index contributed by atoms with van der Waals surface area (Å²) in [4.78, 5) is 11.0. The van der Waals surface area contributed by atoms with E-state index in [1.165, 1.54) is 0 Å². The molecule has 2 fully saturated rings. The highest BCUT2D eigenvalue weighted by Gasteiger charge is 2.34. The minimum absolute atomic E-state index is 0.0835. The number of hydrogen-bond donors (Lipinski definition) is 2. The van der Waals surface area contributed by atoms with Gasteiger partial charge in [-0.3, -0.25) is 4.79 Å². The summed E-state index contributed by atoms with van der Waals surface area (Å²) in [6.45, 7) is 1.63. The third kappa shape index (κ3) is 2.70. The zero-order valence-electron chi connectivity index (χ0n) is 9.34. The van der Waals surface area contributed by atoms with Gasteiger partial charge in [-0.2, -0.15) is 0 Å². The second-order valence-electron chi connectivity index (χ2n) is 4.71. The molecule has 0 amide bonds. The topological polar surface area (TPSA) is 49.8 Å². The van der Waals surface area contributed by atoms with E-state index in [-0.39, 0.29) is 12.0 Å². The summed E-state index contributed by atoms with van der Waals surface area (Å²) < 4.78 is 7.76. The molecular formula is C11H19NO3S. The van der Waals surface area contributed by atoms with E-state index in [1.54, 1.807) is 0 Å². The molecule has 0 aromatic heterocycles. The predicted octanol–water partition coefficient (Wildman–Crippen LogP) is 1.57. The van der Waals surface area contributed by atoms with Crippen LogP contribution in [0.3, 0.4) is 0 Å². The average Bonchev–Trinajstić information content (AvgIpc) is 2.83. The predicted molar refractivity (Wildman–Crippen MR) is 63.4 cm³/mol. The molecule has 2 unspecified atom stereocenters. The summed E-state index contributed by atoms with van der Waals surface area (Å²) in [6.07, 6.45) is 4.79. The molecule has 1 heterocycles. The highest BCUT2D eigenvalue weighted by molar-refractivity contribution is 7.77. The SMILES string of the molecule is O=C(O)C1CCCC1OC[C@@H]1CCCN1S. The monoisotopic (exact) mass is 245 g/mol. The van der Waals surface area contributed by atoms with Gasteiger partial charge >= 0.3 is 5.97 Å². The summed E-state index contributed by atoms with van der Waals surface area (Å²) in [5.74, 6) is -1.01. The molecule has 0 bridgehead atoms. The highest BCUT2D eigenvalue weighted by atomic mass is 32.1. The number of hydrogen-bond acceptors (Lipinski definition) is 4. The highest BCUT2D eigenvalue weighted by Crippen LogP contribution is 2.29. The molecule has 0 radical (unpaired) electrons. The Morgan fingerprint density at radius 2 is 2.19 bits per heavy atom. The fourth-order valence-corrected chi connectivity index (χ4v) is 2.96. The Kier molecular flexibility index (Phi) is 4.10. The van der Waals surface area contributed by atoms with Crippen LogP contribution in [-0.2, 0) is 9.53 Å². The van der Waals surface area contributed by atoms with Crippen LogP contribution in [0.1, 0.15) is 32.1 Å². The van der Waals surface area contributed by atoms with Crippen molar-refractivity contribution in [2.24, 2.45) is 5.92 Å². The Balaban J connectivity index is 1.78. The van der Waals surface area contributed by atoms with Crippen LogP contribution in [0.2, 0.25) is 0 Å². The summed E-state index contributed by atoms with van der Waals surface area (Å²) >= 11 is 4.36. The maximum absolute atomic E-state index is 11.0. The molecule has 92 valence electrons. The van der Waals surface area contributed by atoms with Gasteiger partial charge < -0.3 is 9.84 Å². The van der Waals surface area contributed by atoms with Crippen molar-refractivity contribution in [2.75, 3.05) is 13.2 Å². The van der Waals surface area contributed by atoms with E-state index >= 15 is 0 Å². The van der Waals surface area contributed by atoms with E-state index in [1.807, 2.05) is 4.31 Å². The van der Waals surface area contributed by atoms with Gasteiger partial charge in [0.05, 0.1) is 18.6 Å². The van der Waals surface area contributed by atoms with Gasteiger partial charge in [-0.05, 0) is 32.1 Å². The number of carboxylic acids is 1. The molecule has 3 atom stereocenters. The van der Waals surface area contributed by atoms with Crippen LogP contribution in [0.4, 0.5) is 0 Å². The zero-order chi connectivity index (χ0) is 11.5. The second-order valence-corrected chi connectivity index (χ2v) is 5.22. The molecule has 4 nitrogen and oxygen atoms in total. The molecule has 1 aliphatic heterocycles. The summed E-state index contributed by atoms with van der Waals surface area (Å²) in [7, 11) is 0. The van der Waals surface area contributed by atoms with E-state index in [4.69, 9.17) is 9.84 Å². The van der Waals surface area contributed by atoms with Crippen molar-refractivity contribution in [3.8, 4) is 0 Å². The van der Waals surface area contributed by atoms with Crippen molar-refractivity contribution in [1.82, 2.24) is 4.31 Å². The maximum atomic E-state index is 11.0. The fraction of sp³-hybridized carbons (Fsp3) is 0.909. The van der Waals surface area contributed by atoms with Crippen molar-refractivity contribution in [3.05, 3.63) is 0 Å². The molecular weight excluding hydrogens is 226 g/mol. The van der Waals surface area contributed by atoms with Gasteiger partial charge in [0.25, 0.3) is 0 Å². The lowest BCUT2D eigenvalue weighted by Gasteiger charge is -2.22. The Labute approximate surface area is 101 Å². The van der Waals surface area contributed by atoms with Gasteiger partial charge in [0, 0.05) is 12.6 Å². The first kappa shape index (κ1) is 12.2. The number of carbonyl (C=O) groups is 1. The molecule has 0 aromatic rings. The Hall–Kier alpha value is -0.260. The van der Waals surface area contributed by atoms with Crippen molar-refractivity contribution < 1.29 is 14.6 Å². The van der Waals surface area contributed by atoms with Crippen LogP contribution in [0, 0.1) is 5.92 Å². The molecule has 1 saturated carbocycles. The summed E-state index contributed by atoms with van der Waals surface area (Å²) in [5.41, 5.74) is 0. The van der Waals surface area contributed by atoms with Gasteiger partial charge in [-0.15, -0.1) is 0 Å². The third-order valence-electron chi connectivity index (χ3n) is 3.62. The molecule has 0 spiro atoms. The smallest absolute Gasteiger partial charge is 0.309 e. The number of thiol groups is 1. The third-order valence-corrected chi connectivity index (χ3v) is 4.15. The van der Waals surface area contributed by atoms with Gasteiger partial charge in [0.1, 0.15) is 0 Å². The minimum Gasteiger partial charge on any atom is -0.481 e. The molecule has 0 aromatic carbocycles. The lowest BCUT2D eigenvalue weighted by atomic mass is 10.1. The first-order valence-corrected chi connectivity index (χ1v) is 6.38. The number of nitrogens with zero attached hydrogens (tertiary/aromatic N) is 1. The molecule has 5 heteroatoms. The minimum atomic E-state index is -0.711. The van der Waals surface area contributed by atoms with Crippen LogP contribution in [-0.4, -0.2) is 40.7 Å².